The van der Waals surface area contributed by atoms with Crippen LogP contribution in [0.2, 0.25) is 0 Å². The molecule has 2 unspecified atom stereocenters. The van der Waals surface area contributed by atoms with Crippen LogP contribution in [0.1, 0.15) is 32.1 Å². The number of rotatable bonds is 5. The highest BCUT2D eigenvalue weighted by Gasteiger charge is 2.38. The molecule has 1 aromatic carbocycles. The van der Waals surface area contributed by atoms with Gasteiger partial charge in [-0.3, -0.25) is 5.41 Å². The number of nitrogens with zero attached hydrogens (tertiary/aromatic N) is 4. The van der Waals surface area contributed by atoms with Crippen LogP contribution in [0.5, 0.6) is 11.5 Å². The summed E-state index contributed by atoms with van der Waals surface area (Å²) in [7, 11) is 2.29. The number of nitrogens with one attached hydrogen (secondary N) is 2. The highest BCUT2D eigenvalue weighted by atomic mass is 79.9. The van der Waals surface area contributed by atoms with Crippen LogP contribution in [0.15, 0.2) is 33.0 Å². The minimum absolute atomic E-state index is 0.220. The van der Waals surface area contributed by atoms with Gasteiger partial charge in [-0.1, -0.05) is 11.8 Å². The van der Waals surface area contributed by atoms with Gasteiger partial charge in [0.15, 0.2) is 27.8 Å². The molecule has 2 atom stereocenters. The Morgan fingerprint density at radius 2 is 1.97 bits per heavy atom. The van der Waals surface area contributed by atoms with Gasteiger partial charge < -0.3 is 23.9 Å². The van der Waals surface area contributed by atoms with Crippen LogP contribution in [0.25, 0.3) is 11.2 Å². The normalized spacial score (nSPS) is 24.5. The van der Waals surface area contributed by atoms with E-state index in [9.17, 15) is 0 Å². The highest BCUT2D eigenvalue weighted by Crippen LogP contribution is 2.42. The van der Waals surface area contributed by atoms with Crippen molar-refractivity contribution >= 4 is 38.9 Å². The molecular weight excluding hydrogens is 492 g/mol. The number of hydrogen-bond acceptors (Lipinski definition) is 7. The summed E-state index contributed by atoms with van der Waals surface area (Å²) in [6.07, 6.45) is 8.17. The molecule has 32 heavy (non-hydrogen) atoms. The van der Waals surface area contributed by atoms with E-state index in [1.165, 1.54) is 37.4 Å². The molecular formula is C22H25BrN6O2S. The van der Waals surface area contributed by atoms with Gasteiger partial charge in [0.1, 0.15) is 5.52 Å². The molecule has 3 aromatic rings. The molecule has 2 saturated heterocycles. The zero-order valence-electron chi connectivity index (χ0n) is 17.8. The predicted octanol–water partition coefficient (Wildman–Crippen LogP) is 4.14. The van der Waals surface area contributed by atoms with Crippen molar-refractivity contribution in [2.45, 2.75) is 60.8 Å². The number of imidazole rings is 1. The van der Waals surface area contributed by atoms with Crippen LogP contribution in [-0.4, -0.2) is 50.3 Å². The Bertz CT molecular complexity index is 1230. The molecule has 3 aliphatic rings. The highest BCUT2D eigenvalue weighted by molar-refractivity contribution is 9.10. The lowest BCUT2D eigenvalue weighted by atomic mass is 9.88. The number of hydrogen-bond donors (Lipinski definition) is 2. The summed E-state index contributed by atoms with van der Waals surface area (Å²) in [5.41, 5.74) is 1.69. The number of aromatic nitrogens is 4. The number of aromatic amines is 1. The maximum atomic E-state index is 8.25. The first kappa shape index (κ1) is 20.6. The van der Waals surface area contributed by atoms with Gasteiger partial charge in [-0.25, -0.2) is 9.97 Å². The molecule has 10 heteroatoms. The topological polar surface area (TPSA) is 92.1 Å². The standard InChI is InChI=1S/C22H25BrN6O2S/c1-28-13-2-3-14(28)7-12(6-13)4-5-29-10-25-20(24)19-21(29)27-22(26-19)32-18-9-17-16(8-15(18)23)30-11-31-17/h8-10,12-14,24H,2-7,11H2,1H3,(H,26,27). The molecule has 0 radical (unpaired) electrons. The molecule has 168 valence electrons. The maximum absolute atomic E-state index is 8.25. The summed E-state index contributed by atoms with van der Waals surface area (Å²) in [6.45, 7) is 1.12. The average molecular weight is 517 g/mol. The lowest BCUT2D eigenvalue weighted by Crippen LogP contribution is -2.40. The molecule has 0 saturated carbocycles. The molecule has 2 N–H and O–H groups in total. The van der Waals surface area contributed by atoms with Crippen molar-refractivity contribution in [3.05, 3.63) is 28.4 Å². The Kier molecular flexibility index (Phi) is 5.19. The van der Waals surface area contributed by atoms with Gasteiger partial charge in [0.05, 0.1) is 6.33 Å². The van der Waals surface area contributed by atoms with E-state index in [0.29, 0.717) is 5.52 Å². The van der Waals surface area contributed by atoms with Gasteiger partial charge in [0.25, 0.3) is 0 Å². The van der Waals surface area contributed by atoms with E-state index in [2.05, 4.69) is 42.4 Å². The van der Waals surface area contributed by atoms with Crippen LogP contribution in [0, 0.1) is 11.3 Å². The van der Waals surface area contributed by atoms with Crippen molar-refractivity contribution in [2.24, 2.45) is 5.92 Å². The molecule has 0 aliphatic carbocycles. The van der Waals surface area contributed by atoms with E-state index < -0.39 is 0 Å². The largest absolute Gasteiger partial charge is 0.454 e. The summed E-state index contributed by atoms with van der Waals surface area (Å²) >= 11 is 5.11. The van der Waals surface area contributed by atoms with Crippen LogP contribution >= 0.6 is 27.7 Å². The summed E-state index contributed by atoms with van der Waals surface area (Å²) in [5, 5.41) is 8.98. The number of piperidine rings is 1. The number of H-pyrrole nitrogens is 1. The number of ether oxygens (including phenoxy) is 2. The summed E-state index contributed by atoms with van der Waals surface area (Å²) in [6, 6.07) is 5.38. The Morgan fingerprint density at radius 3 is 2.75 bits per heavy atom. The van der Waals surface area contributed by atoms with Crippen LogP contribution < -0.4 is 15.0 Å². The lowest BCUT2D eigenvalue weighted by Gasteiger charge is -2.36. The number of benzene rings is 1. The molecule has 8 nitrogen and oxygen atoms in total. The second-order valence-corrected chi connectivity index (χ2v) is 10.8. The monoisotopic (exact) mass is 516 g/mol. The van der Waals surface area contributed by atoms with E-state index in [1.54, 1.807) is 6.33 Å². The Hall–Kier alpha value is -2.04. The molecule has 3 aliphatic heterocycles. The predicted molar refractivity (Wildman–Crippen MR) is 124 cm³/mol. The summed E-state index contributed by atoms with van der Waals surface area (Å²) in [5.74, 6) is 2.22. The minimum atomic E-state index is 0.220. The second-order valence-electron chi connectivity index (χ2n) is 8.94. The fourth-order valence-corrected chi connectivity index (χ4v) is 6.72. The second kappa shape index (κ2) is 8.07. The smallest absolute Gasteiger partial charge is 0.231 e. The van der Waals surface area contributed by atoms with Crippen LogP contribution in [-0.2, 0) is 6.54 Å². The van der Waals surface area contributed by atoms with Gasteiger partial charge in [0.2, 0.25) is 6.79 Å². The molecule has 6 rings (SSSR count). The molecule has 2 fully saturated rings. The fraction of sp³-hybridized carbons (Fsp3) is 0.500. The minimum Gasteiger partial charge on any atom is -0.454 e. The van der Waals surface area contributed by atoms with Crippen LogP contribution in [0.3, 0.4) is 0 Å². The van der Waals surface area contributed by atoms with Crippen molar-refractivity contribution in [2.75, 3.05) is 13.8 Å². The molecule has 0 amide bonds. The number of fused-ring (bicyclic) bond motifs is 4. The Balaban J connectivity index is 1.23. The third-order valence-corrected chi connectivity index (χ3v) is 8.97. The third-order valence-electron chi connectivity index (χ3n) is 7.11. The van der Waals surface area contributed by atoms with Gasteiger partial charge in [0, 0.05) is 28.0 Å². The van der Waals surface area contributed by atoms with E-state index in [4.69, 9.17) is 19.9 Å². The van der Waals surface area contributed by atoms with E-state index in [-0.39, 0.29) is 12.3 Å². The first-order valence-electron chi connectivity index (χ1n) is 11.0. The quantitative estimate of drug-likeness (QED) is 0.529. The zero-order chi connectivity index (χ0) is 21.8. The maximum Gasteiger partial charge on any atom is 0.231 e. The lowest BCUT2D eigenvalue weighted by molar-refractivity contribution is 0.127. The first-order chi connectivity index (χ1) is 15.5. The Labute approximate surface area is 198 Å². The Morgan fingerprint density at radius 1 is 1.22 bits per heavy atom. The van der Waals surface area contributed by atoms with Crippen molar-refractivity contribution in [1.82, 2.24) is 24.4 Å². The molecule has 5 heterocycles. The van der Waals surface area contributed by atoms with E-state index in [1.807, 2.05) is 12.1 Å². The zero-order valence-corrected chi connectivity index (χ0v) is 20.2. The fourth-order valence-electron chi connectivity index (χ4n) is 5.34. The van der Waals surface area contributed by atoms with Gasteiger partial charge in [-0.15, -0.1) is 0 Å². The van der Waals surface area contributed by atoms with Crippen molar-refractivity contribution in [3.63, 3.8) is 0 Å². The van der Waals surface area contributed by atoms with Gasteiger partial charge >= 0.3 is 0 Å². The van der Waals surface area contributed by atoms with Crippen molar-refractivity contribution in [1.29, 1.82) is 5.41 Å². The van der Waals surface area contributed by atoms with Crippen molar-refractivity contribution in [3.8, 4) is 11.5 Å². The first-order valence-corrected chi connectivity index (χ1v) is 12.6. The van der Waals surface area contributed by atoms with Crippen molar-refractivity contribution < 1.29 is 9.47 Å². The molecule has 2 bridgehead atoms. The van der Waals surface area contributed by atoms with Crippen LogP contribution in [0.4, 0.5) is 0 Å². The van der Waals surface area contributed by atoms with Gasteiger partial charge in [-0.2, -0.15) is 0 Å². The SMILES string of the molecule is CN1C2CCC1CC(CCn1cnc(=N)c3[nH]c(Sc4cc5c(cc4Br)OCO5)nc31)C2. The number of aryl methyl sites for hydroxylation is 1. The third kappa shape index (κ3) is 3.62. The van der Waals surface area contributed by atoms with Gasteiger partial charge in [-0.05, 0) is 73.1 Å². The average Bonchev–Trinajstić information content (AvgIpc) is 3.44. The molecule has 0 spiro atoms. The van der Waals surface area contributed by atoms with E-state index >= 15 is 0 Å². The number of halogens is 1. The van der Waals surface area contributed by atoms with E-state index in [0.717, 1.165) is 62.6 Å². The summed E-state index contributed by atoms with van der Waals surface area (Å²) < 4.78 is 14.0. The molecule has 2 aromatic heterocycles. The summed E-state index contributed by atoms with van der Waals surface area (Å²) in [4.78, 5) is 16.0.